The number of carbonyl (C=O) groups excluding carboxylic acids is 1. The van der Waals surface area contributed by atoms with Crippen molar-refractivity contribution < 1.29 is 9.18 Å². The molecule has 0 aliphatic carbocycles. The summed E-state index contributed by atoms with van der Waals surface area (Å²) in [4.78, 5) is 34.2. The zero-order valence-electron chi connectivity index (χ0n) is 13.8. The first kappa shape index (κ1) is 16.8. The number of likely N-dealkylation sites (tertiary alicyclic amines) is 1. The van der Waals surface area contributed by atoms with Crippen molar-refractivity contribution in [3.63, 3.8) is 0 Å². The number of aromatic nitrogens is 3. The fourth-order valence-electron chi connectivity index (χ4n) is 3.27. The highest BCUT2D eigenvalue weighted by Gasteiger charge is 2.20. The van der Waals surface area contributed by atoms with Crippen LogP contribution in [0.25, 0.3) is 22.2 Å². The smallest absolute Gasteiger partial charge is 0.263 e. The van der Waals surface area contributed by atoms with Gasteiger partial charge in [0.05, 0.1) is 10.4 Å². The van der Waals surface area contributed by atoms with E-state index in [1.54, 1.807) is 17.2 Å². The quantitative estimate of drug-likeness (QED) is 0.766. The lowest BCUT2D eigenvalue weighted by molar-refractivity contribution is -0.130. The Morgan fingerprint density at radius 1 is 1.31 bits per heavy atom. The number of halogens is 2. The van der Waals surface area contributed by atoms with E-state index >= 15 is 0 Å². The van der Waals surface area contributed by atoms with Gasteiger partial charge in [0.15, 0.2) is 0 Å². The van der Waals surface area contributed by atoms with Crippen LogP contribution >= 0.6 is 11.6 Å². The van der Waals surface area contributed by atoms with Crippen molar-refractivity contribution in [2.24, 2.45) is 0 Å². The molecule has 1 aliphatic heterocycles. The van der Waals surface area contributed by atoms with Crippen molar-refractivity contribution in [2.75, 3.05) is 13.1 Å². The molecule has 134 valence electrons. The molecule has 2 aromatic heterocycles. The van der Waals surface area contributed by atoms with E-state index in [-0.39, 0.29) is 23.0 Å². The molecule has 26 heavy (non-hydrogen) atoms. The van der Waals surface area contributed by atoms with Crippen molar-refractivity contribution in [2.45, 2.75) is 19.4 Å². The lowest BCUT2D eigenvalue weighted by Gasteiger charge is -2.15. The molecule has 6 nitrogen and oxygen atoms in total. The molecule has 1 aromatic carbocycles. The molecule has 3 aromatic rings. The van der Waals surface area contributed by atoms with E-state index in [0.29, 0.717) is 22.2 Å². The summed E-state index contributed by atoms with van der Waals surface area (Å²) in [6.45, 7) is 1.41. The average Bonchev–Trinajstić information content (AvgIpc) is 3.29. The predicted molar refractivity (Wildman–Crippen MR) is 96.6 cm³/mol. The maximum absolute atomic E-state index is 13.4. The number of amides is 1. The van der Waals surface area contributed by atoms with Gasteiger partial charge in [-0.05, 0) is 30.5 Å². The van der Waals surface area contributed by atoms with E-state index in [9.17, 15) is 14.0 Å². The molecule has 1 aliphatic rings. The molecule has 1 amide bonds. The predicted octanol–water partition coefficient (Wildman–Crippen LogP) is 2.81. The van der Waals surface area contributed by atoms with Crippen LogP contribution in [0.2, 0.25) is 5.02 Å². The number of nitrogens with zero attached hydrogens (tertiary/aromatic N) is 3. The molecule has 0 radical (unpaired) electrons. The standard InChI is InChI=1S/C18H16ClFN4O2/c19-13-7-11(3-4-14(13)20)12-8-21-17-16(12)18(26)24(10-22-17)9-15(25)23-5-1-2-6-23/h3-4,7-8,10,21H,1-2,5-6,9H2. The number of nitrogens with one attached hydrogen (secondary N) is 1. The van der Waals surface area contributed by atoms with Crippen LogP contribution in [-0.4, -0.2) is 38.4 Å². The van der Waals surface area contributed by atoms with Crippen LogP contribution in [0.1, 0.15) is 12.8 Å². The highest BCUT2D eigenvalue weighted by Crippen LogP contribution is 2.28. The van der Waals surface area contributed by atoms with Crippen molar-refractivity contribution in [3.8, 4) is 11.1 Å². The Bertz CT molecular complexity index is 1050. The lowest BCUT2D eigenvalue weighted by Crippen LogP contribution is -2.34. The number of rotatable bonds is 3. The average molecular weight is 375 g/mol. The van der Waals surface area contributed by atoms with Crippen LogP contribution in [0.15, 0.2) is 35.5 Å². The van der Waals surface area contributed by atoms with Gasteiger partial charge in [0.1, 0.15) is 24.3 Å². The first-order chi connectivity index (χ1) is 12.5. The molecule has 0 unspecified atom stereocenters. The highest BCUT2D eigenvalue weighted by atomic mass is 35.5. The summed E-state index contributed by atoms with van der Waals surface area (Å²) >= 11 is 5.86. The van der Waals surface area contributed by atoms with E-state index < -0.39 is 5.82 Å². The summed E-state index contributed by atoms with van der Waals surface area (Å²) in [6.07, 6.45) is 4.99. The summed E-state index contributed by atoms with van der Waals surface area (Å²) in [5, 5.41) is 0.328. The number of hydrogen-bond donors (Lipinski definition) is 1. The third-order valence-corrected chi connectivity index (χ3v) is 4.94. The molecule has 0 bridgehead atoms. The molecule has 1 fully saturated rings. The van der Waals surface area contributed by atoms with E-state index in [1.165, 1.54) is 23.0 Å². The minimum absolute atomic E-state index is 0.0229. The molecule has 1 N–H and O–H groups in total. The summed E-state index contributed by atoms with van der Waals surface area (Å²) in [5.74, 6) is -0.616. The Balaban J connectivity index is 1.75. The van der Waals surface area contributed by atoms with Gasteiger partial charge in [-0.3, -0.25) is 14.2 Å². The molecular weight excluding hydrogens is 359 g/mol. The third kappa shape index (κ3) is 2.88. The van der Waals surface area contributed by atoms with Gasteiger partial charge in [0.25, 0.3) is 5.56 Å². The molecule has 0 spiro atoms. The van der Waals surface area contributed by atoms with Crippen LogP contribution in [0, 0.1) is 5.82 Å². The number of hydrogen-bond acceptors (Lipinski definition) is 3. The van der Waals surface area contributed by atoms with Gasteiger partial charge in [-0.15, -0.1) is 0 Å². The topological polar surface area (TPSA) is 71.0 Å². The van der Waals surface area contributed by atoms with Crippen LogP contribution < -0.4 is 5.56 Å². The van der Waals surface area contributed by atoms with Crippen LogP contribution in [0.4, 0.5) is 4.39 Å². The molecule has 0 atom stereocenters. The Morgan fingerprint density at radius 2 is 2.08 bits per heavy atom. The summed E-state index contributed by atoms with van der Waals surface area (Å²) in [5.41, 5.74) is 1.27. The van der Waals surface area contributed by atoms with E-state index in [1.807, 2.05) is 0 Å². The number of carbonyl (C=O) groups is 1. The normalized spacial score (nSPS) is 14.3. The Hall–Kier alpha value is -2.67. The second-order valence-electron chi connectivity index (χ2n) is 6.32. The first-order valence-corrected chi connectivity index (χ1v) is 8.72. The van der Waals surface area contributed by atoms with Crippen LogP contribution in [0.3, 0.4) is 0 Å². The zero-order valence-corrected chi connectivity index (χ0v) is 14.6. The first-order valence-electron chi connectivity index (χ1n) is 8.34. The van der Waals surface area contributed by atoms with Crippen molar-refractivity contribution in [1.82, 2.24) is 19.4 Å². The van der Waals surface area contributed by atoms with Crippen LogP contribution in [0.5, 0.6) is 0 Å². The number of H-pyrrole nitrogens is 1. The molecule has 8 heteroatoms. The Labute approximate surface area is 153 Å². The van der Waals surface area contributed by atoms with Crippen LogP contribution in [-0.2, 0) is 11.3 Å². The van der Waals surface area contributed by atoms with E-state index in [2.05, 4.69) is 9.97 Å². The third-order valence-electron chi connectivity index (χ3n) is 4.66. The van der Waals surface area contributed by atoms with Gasteiger partial charge in [-0.2, -0.15) is 0 Å². The van der Waals surface area contributed by atoms with Crippen molar-refractivity contribution >= 4 is 28.5 Å². The Kier molecular flexibility index (Phi) is 4.24. The van der Waals surface area contributed by atoms with Crippen molar-refractivity contribution in [3.05, 3.63) is 51.9 Å². The van der Waals surface area contributed by atoms with Crippen molar-refractivity contribution in [1.29, 1.82) is 0 Å². The molecule has 1 saturated heterocycles. The maximum Gasteiger partial charge on any atom is 0.263 e. The second-order valence-corrected chi connectivity index (χ2v) is 6.73. The number of aromatic amines is 1. The van der Waals surface area contributed by atoms with Gasteiger partial charge in [-0.25, -0.2) is 9.37 Å². The fraction of sp³-hybridized carbons (Fsp3) is 0.278. The number of fused-ring (bicyclic) bond motifs is 1. The zero-order chi connectivity index (χ0) is 18.3. The Morgan fingerprint density at radius 3 is 2.81 bits per heavy atom. The van der Waals surface area contributed by atoms with Gasteiger partial charge in [-0.1, -0.05) is 17.7 Å². The molecular formula is C18H16ClFN4O2. The highest BCUT2D eigenvalue weighted by molar-refractivity contribution is 6.31. The SMILES string of the molecule is O=C(Cn1cnc2[nH]cc(-c3ccc(F)c(Cl)c3)c2c1=O)N1CCCC1. The molecule has 0 saturated carbocycles. The van der Waals surface area contributed by atoms with E-state index in [4.69, 9.17) is 11.6 Å². The monoisotopic (exact) mass is 374 g/mol. The largest absolute Gasteiger partial charge is 0.345 e. The fourth-order valence-corrected chi connectivity index (χ4v) is 3.45. The van der Waals surface area contributed by atoms with Gasteiger partial charge >= 0.3 is 0 Å². The van der Waals surface area contributed by atoms with Gasteiger partial charge < -0.3 is 9.88 Å². The maximum atomic E-state index is 13.4. The summed E-state index contributed by atoms with van der Waals surface area (Å²) in [7, 11) is 0. The van der Waals surface area contributed by atoms with Gasteiger partial charge in [0, 0.05) is 24.8 Å². The minimum Gasteiger partial charge on any atom is -0.345 e. The summed E-state index contributed by atoms with van der Waals surface area (Å²) in [6, 6.07) is 4.27. The molecule has 3 heterocycles. The summed E-state index contributed by atoms with van der Waals surface area (Å²) < 4.78 is 14.7. The number of benzene rings is 1. The lowest BCUT2D eigenvalue weighted by atomic mass is 10.1. The van der Waals surface area contributed by atoms with Gasteiger partial charge in [0.2, 0.25) is 5.91 Å². The van der Waals surface area contributed by atoms with E-state index in [0.717, 1.165) is 25.9 Å². The second kappa shape index (κ2) is 6.57. The molecule has 4 rings (SSSR count). The minimum atomic E-state index is -0.526.